The molecule has 0 saturated heterocycles. The molecule has 138 valence electrons. The second-order valence-corrected chi connectivity index (χ2v) is 6.13. The second kappa shape index (κ2) is 8.90. The van der Waals surface area contributed by atoms with E-state index >= 15 is 0 Å². The second-order valence-electron chi connectivity index (χ2n) is 6.13. The minimum absolute atomic E-state index is 0.0110. The maximum Gasteiger partial charge on any atom is 0.161 e. The van der Waals surface area contributed by atoms with Crippen molar-refractivity contribution in [1.29, 1.82) is 0 Å². The molecule has 0 bridgehead atoms. The topological polar surface area (TPSA) is 44.8 Å². The Balaban J connectivity index is 1.64. The van der Waals surface area contributed by atoms with Crippen molar-refractivity contribution in [2.45, 2.75) is 20.1 Å². The third kappa shape index (κ3) is 5.11. The zero-order valence-corrected chi connectivity index (χ0v) is 15.5. The number of ketones is 1. The van der Waals surface area contributed by atoms with Gasteiger partial charge in [-0.2, -0.15) is 0 Å². The van der Waals surface area contributed by atoms with Gasteiger partial charge < -0.3 is 14.2 Å². The summed E-state index contributed by atoms with van der Waals surface area (Å²) in [6.07, 6.45) is 0. The minimum atomic E-state index is -0.0110. The van der Waals surface area contributed by atoms with Crippen LogP contribution in [0.1, 0.15) is 28.4 Å². The highest BCUT2D eigenvalue weighted by Gasteiger charge is 2.09. The Morgan fingerprint density at radius 2 is 1.52 bits per heavy atom. The van der Waals surface area contributed by atoms with Crippen LogP contribution in [-0.4, -0.2) is 12.9 Å². The molecule has 0 N–H and O–H groups in total. The summed E-state index contributed by atoms with van der Waals surface area (Å²) in [7, 11) is 1.56. The first-order valence-electron chi connectivity index (χ1n) is 8.73. The minimum Gasteiger partial charge on any atom is -0.493 e. The lowest BCUT2D eigenvalue weighted by Gasteiger charge is -2.12. The van der Waals surface area contributed by atoms with Crippen LogP contribution >= 0.6 is 0 Å². The van der Waals surface area contributed by atoms with Crippen molar-refractivity contribution in [3.05, 3.63) is 89.5 Å². The van der Waals surface area contributed by atoms with Gasteiger partial charge in [0.1, 0.15) is 19.0 Å². The summed E-state index contributed by atoms with van der Waals surface area (Å²) < 4.78 is 17.1. The Morgan fingerprint density at radius 1 is 0.778 bits per heavy atom. The van der Waals surface area contributed by atoms with Crippen LogP contribution in [0.15, 0.2) is 72.8 Å². The lowest BCUT2D eigenvalue weighted by molar-refractivity contribution is 0.101. The van der Waals surface area contributed by atoms with E-state index in [1.54, 1.807) is 25.3 Å². The Morgan fingerprint density at radius 3 is 2.26 bits per heavy atom. The molecule has 0 saturated carbocycles. The Hall–Kier alpha value is -3.27. The molecule has 4 heteroatoms. The molecule has 0 aliphatic heterocycles. The van der Waals surface area contributed by atoms with Crippen molar-refractivity contribution in [3.8, 4) is 17.2 Å². The maximum atomic E-state index is 11.5. The van der Waals surface area contributed by atoms with E-state index < -0.39 is 0 Å². The summed E-state index contributed by atoms with van der Waals surface area (Å²) >= 11 is 0. The fraction of sp³-hybridized carbons (Fsp3) is 0.174. The number of rotatable bonds is 8. The molecular weight excluding hydrogens is 340 g/mol. The van der Waals surface area contributed by atoms with Crippen LogP contribution < -0.4 is 14.2 Å². The van der Waals surface area contributed by atoms with Gasteiger partial charge in [-0.1, -0.05) is 42.5 Å². The van der Waals surface area contributed by atoms with Crippen LogP contribution in [0.5, 0.6) is 17.2 Å². The Bertz CT molecular complexity index is 903. The first-order valence-corrected chi connectivity index (χ1v) is 8.73. The summed E-state index contributed by atoms with van der Waals surface area (Å²) in [4.78, 5) is 11.5. The summed E-state index contributed by atoms with van der Waals surface area (Å²) in [5, 5.41) is 0. The molecule has 3 rings (SSSR count). The van der Waals surface area contributed by atoms with Crippen LogP contribution in [0.2, 0.25) is 0 Å². The van der Waals surface area contributed by atoms with E-state index in [9.17, 15) is 4.79 Å². The first-order chi connectivity index (χ1) is 13.2. The molecule has 0 atom stereocenters. The third-order valence-electron chi connectivity index (χ3n) is 4.11. The molecule has 27 heavy (non-hydrogen) atoms. The van der Waals surface area contributed by atoms with Crippen LogP contribution in [0.3, 0.4) is 0 Å². The number of Topliss-reactive ketones (excluding diaryl/α,β-unsaturated/α-hetero) is 1. The molecule has 0 aromatic heterocycles. The molecule has 0 spiro atoms. The SMILES string of the molecule is COc1cc(C(C)=O)ccc1OCc1cccc(OCc2ccccc2)c1. The quantitative estimate of drug-likeness (QED) is 0.526. The summed E-state index contributed by atoms with van der Waals surface area (Å²) in [5.41, 5.74) is 2.70. The number of methoxy groups -OCH3 is 1. The summed E-state index contributed by atoms with van der Waals surface area (Å²) in [6.45, 7) is 2.42. The monoisotopic (exact) mass is 362 g/mol. The lowest BCUT2D eigenvalue weighted by atomic mass is 10.1. The molecule has 0 fully saturated rings. The van der Waals surface area contributed by atoms with Gasteiger partial charge in [0.05, 0.1) is 7.11 Å². The first kappa shape index (κ1) is 18.5. The molecular formula is C23H22O4. The molecule has 3 aromatic carbocycles. The van der Waals surface area contributed by atoms with E-state index in [1.807, 2.05) is 54.6 Å². The van der Waals surface area contributed by atoms with Gasteiger partial charge in [-0.15, -0.1) is 0 Å². The predicted octanol–water partition coefficient (Wildman–Crippen LogP) is 5.06. The number of ether oxygens (including phenoxy) is 3. The summed E-state index contributed by atoms with van der Waals surface area (Å²) in [5.74, 6) is 1.92. The van der Waals surface area contributed by atoms with Gasteiger partial charge in [-0.05, 0) is 48.4 Å². The van der Waals surface area contributed by atoms with E-state index in [4.69, 9.17) is 14.2 Å². The maximum absolute atomic E-state index is 11.5. The molecule has 4 nitrogen and oxygen atoms in total. The van der Waals surface area contributed by atoms with Crippen LogP contribution in [0.4, 0.5) is 0 Å². The normalized spacial score (nSPS) is 10.3. The zero-order chi connectivity index (χ0) is 19.1. The smallest absolute Gasteiger partial charge is 0.161 e. The average Bonchev–Trinajstić information content (AvgIpc) is 2.71. The van der Waals surface area contributed by atoms with Gasteiger partial charge in [0.15, 0.2) is 17.3 Å². The van der Waals surface area contributed by atoms with Gasteiger partial charge in [0.25, 0.3) is 0 Å². The molecule has 0 heterocycles. The highest BCUT2D eigenvalue weighted by molar-refractivity contribution is 5.94. The average molecular weight is 362 g/mol. The predicted molar refractivity (Wildman–Crippen MR) is 105 cm³/mol. The molecule has 0 aliphatic carbocycles. The van der Waals surface area contributed by atoms with Gasteiger partial charge in [-0.25, -0.2) is 0 Å². The highest BCUT2D eigenvalue weighted by Crippen LogP contribution is 2.29. The van der Waals surface area contributed by atoms with E-state index in [0.29, 0.717) is 30.3 Å². The molecule has 0 unspecified atom stereocenters. The molecule has 3 aromatic rings. The van der Waals surface area contributed by atoms with Gasteiger partial charge >= 0.3 is 0 Å². The van der Waals surface area contributed by atoms with Crippen molar-refractivity contribution < 1.29 is 19.0 Å². The van der Waals surface area contributed by atoms with Crippen molar-refractivity contribution in [2.24, 2.45) is 0 Å². The van der Waals surface area contributed by atoms with E-state index in [2.05, 4.69) is 0 Å². The van der Waals surface area contributed by atoms with Gasteiger partial charge in [0, 0.05) is 5.56 Å². The Labute approximate surface area is 159 Å². The van der Waals surface area contributed by atoms with Crippen LogP contribution in [0, 0.1) is 0 Å². The van der Waals surface area contributed by atoms with E-state index in [1.165, 1.54) is 6.92 Å². The van der Waals surface area contributed by atoms with Gasteiger partial charge in [-0.3, -0.25) is 4.79 Å². The number of benzene rings is 3. The largest absolute Gasteiger partial charge is 0.493 e. The number of hydrogen-bond acceptors (Lipinski definition) is 4. The fourth-order valence-electron chi connectivity index (χ4n) is 2.63. The zero-order valence-electron chi connectivity index (χ0n) is 15.5. The number of hydrogen-bond donors (Lipinski definition) is 0. The van der Waals surface area contributed by atoms with Crippen LogP contribution in [-0.2, 0) is 13.2 Å². The number of carbonyl (C=O) groups is 1. The van der Waals surface area contributed by atoms with Gasteiger partial charge in [0.2, 0.25) is 0 Å². The third-order valence-corrected chi connectivity index (χ3v) is 4.11. The summed E-state index contributed by atoms with van der Waals surface area (Å²) in [6, 6.07) is 23.0. The van der Waals surface area contributed by atoms with E-state index in [0.717, 1.165) is 16.9 Å². The van der Waals surface area contributed by atoms with Crippen molar-refractivity contribution in [3.63, 3.8) is 0 Å². The Kier molecular flexibility index (Phi) is 6.10. The van der Waals surface area contributed by atoms with Crippen molar-refractivity contribution in [1.82, 2.24) is 0 Å². The highest BCUT2D eigenvalue weighted by atomic mass is 16.5. The number of carbonyl (C=O) groups excluding carboxylic acids is 1. The molecule has 0 aliphatic rings. The van der Waals surface area contributed by atoms with Crippen molar-refractivity contribution >= 4 is 5.78 Å². The van der Waals surface area contributed by atoms with Crippen molar-refractivity contribution in [2.75, 3.05) is 7.11 Å². The molecule has 0 radical (unpaired) electrons. The van der Waals surface area contributed by atoms with Crippen LogP contribution in [0.25, 0.3) is 0 Å². The fourth-order valence-corrected chi connectivity index (χ4v) is 2.63. The van der Waals surface area contributed by atoms with E-state index in [-0.39, 0.29) is 5.78 Å². The molecule has 0 amide bonds. The lowest BCUT2D eigenvalue weighted by Crippen LogP contribution is -2.01. The standard InChI is InChI=1S/C23H22O4/c1-17(24)20-11-12-22(23(14-20)25-2)27-16-19-9-6-10-21(13-19)26-15-18-7-4-3-5-8-18/h3-14H,15-16H2,1-2H3.